The molecule has 6 heteroatoms. The predicted molar refractivity (Wildman–Crippen MR) is 124 cm³/mol. The van der Waals surface area contributed by atoms with Gasteiger partial charge in [0.25, 0.3) is 0 Å². The second kappa shape index (κ2) is 7.85. The maximum atomic E-state index is 5.96. The second-order valence-electron chi connectivity index (χ2n) is 7.81. The molecule has 1 aliphatic heterocycles. The number of benzene rings is 2. The van der Waals surface area contributed by atoms with Crippen molar-refractivity contribution >= 4 is 32.8 Å². The Hall–Kier alpha value is -2.70. The van der Waals surface area contributed by atoms with Crippen LogP contribution < -0.4 is 4.90 Å². The van der Waals surface area contributed by atoms with Gasteiger partial charge in [-0.05, 0) is 43.7 Å². The molecule has 2 aromatic heterocycles. The number of aromatic nitrogens is 3. The first-order chi connectivity index (χ1) is 14.6. The standard InChI is InChI=1S/C24H23BrN4O/c1-16-12-28(13-17(2)30-16)23-22-21(18-6-4-3-5-7-18)14-29(24(22)27-15-26-23)20-10-8-19(25)9-11-20/h3-11,14-17H,12-13H2,1-2H3/t16-,17-/m0/s1. The highest BCUT2D eigenvalue weighted by Gasteiger charge is 2.27. The van der Waals surface area contributed by atoms with Gasteiger partial charge in [0.15, 0.2) is 5.65 Å². The summed E-state index contributed by atoms with van der Waals surface area (Å²) in [7, 11) is 0. The maximum Gasteiger partial charge on any atom is 0.150 e. The third-order valence-electron chi connectivity index (χ3n) is 5.47. The van der Waals surface area contributed by atoms with Crippen LogP contribution in [-0.4, -0.2) is 39.8 Å². The fourth-order valence-corrected chi connectivity index (χ4v) is 4.54. The molecule has 1 fully saturated rings. The molecule has 5 rings (SSSR count). The van der Waals surface area contributed by atoms with Gasteiger partial charge < -0.3 is 14.2 Å². The lowest BCUT2D eigenvalue weighted by Gasteiger charge is -2.36. The van der Waals surface area contributed by atoms with Gasteiger partial charge in [-0.25, -0.2) is 9.97 Å². The van der Waals surface area contributed by atoms with E-state index in [1.54, 1.807) is 6.33 Å². The van der Waals surface area contributed by atoms with E-state index >= 15 is 0 Å². The topological polar surface area (TPSA) is 43.2 Å². The van der Waals surface area contributed by atoms with E-state index in [0.29, 0.717) is 0 Å². The monoisotopic (exact) mass is 462 g/mol. The van der Waals surface area contributed by atoms with Crippen molar-refractivity contribution < 1.29 is 4.74 Å². The maximum absolute atomic E-state index is 5.96. The molecule has 0 bridgehead atoms. The highest BCUT2D eigenvalue weighted by molar-refractivity contribution is 9.10. The number of ether oxygens (including phenoxy) is 1. The number of anilines is 1. The average molecular weight is 463 g/mol. The molecule has 0 amide bonds. The third-order valence-corrected chi connectivity index (χ3v) is 6.00. The number of morpholine rings is 1. The zero-order chi connectivity index (χ0) is 20.7. The quantitative estimate of drug-likeness (QED) is 0.405. The largest absolute Gasteiger partial charge is 0.372 e. The molecule has 0 N–H and O–H groups in total. The molecule has 0 spiro atoms. The lowest BCUT2D eigenvalue weighted by Crippen LogP contribution is -2.46. The molecule has 0 saturated carbocycles. The van der Waals surface area contributed by atoms with Gasteiger partial charge in [0.05, 0.1) is 17.6 Å². The number of hydrogen-bond acceptors (Lipinski definition) is 4. The second-order valence-corrected chi connectivity index (χ2v) is 8.73. The molecule has 1 saturated heterocycles. The van der Waals surface area contributed by atoms with E-state index in [-0.39, 0.29) is 12.2 Å². The van der Waals surface area contributed by atoms with Crippen molar-refractivity contribution in [3.63, 3.8) is 0 Å². The van der Waals surface area contributed by atoms with E-state index in [2.05, 4.69) is 94.0 Å². The Balaban J connectivity index is 1.75. The lowest BCUT2D eigenvalue weighted by atomic mass is 10.1. The summed E-state index contributed by atoms with van der Waals surface area (Å²) in [4.78, 5) is 11.8. The fraction of sp³-hybridized carbons (Fsp3) is 0.250. The summed E-state index contributed by atoms with van der Waals surface area (Å²) in [5.74, 6) is 0.969. The first-order valence-corrected chi connectivity index (χ1v) is 11.0. The van der Waals surface area contributed by atoms with Crippen molar-refractivity contribution in [1.29, 1.82) is 0 Å². The Kier molecular flexibility index (Phi) is 5.05. The van der Waals surface area contributed by atoms with Gasteiger partial charge in [-0.2, -0.15) is 0 Å². The third kappa shape index (κ3) is 3.50. The highest BCUT2D eigenvalue weighted by atomic mass is 79.9. The summed E-state index contributed by atoms with van der Waals surface area (Å²) in [6.45, 7) is 5.86. The van der Waals surface area contributed by atoms with Crippen LogP contribution in [0.5, 0.6) is 0 Å². The van der Waals surface area contributed by atoms with Gasteiger partial charge >= 0.3 is 0 Å². The Morgan fingerprint density at radius 3 is 2.33 bits per heavy atom. The summed E-state index contributed by atoms with van der Waals surface area (Å²) in [5.41, 5.74) is 4.27. The van der Waals surface area contributed by atoms with Crippen molar-refractivity contribution in [1.82, 2.24) is 14.5 Å². The lowest BCUT2D eigenvalue weighted by molar-refractivity contribution is -0.00537. The number of halogens is 1. The minimum Gasteiger partial charge on any atom is -0.372 e. The predicted octanol–water partition coefficient (Wildman–Crippen LogP) is 5.46. The van der Waals surface area contributed by atoms with Crippen molar-refractivity contribution in [2.24, 2.45) is 0 Å². The van der Waals surface area contributed by atoms with Crippen LogP contribution in [0.25, 0.3) is 27.8 Å². The Morgan fingerprint density at radius 1 is 0.933 bits per heavy atom. The molecule has 30 heavy (non-hydrogen) atoms. The van der Waals surface area contributed by atoms with E-state index in [4.69, 9.17) is 14.7 Å². The first-order valence-electron chi connectivity index (χ1n) is 10.2. The van der Waals surface area contributed by atoms with Crippen LogP contribution in [0.4, 0.5) is 5.82 Å². The van der Waals surface area contributed by atoms with Crippen molar-refractivity contribution in [3.05, 3.63) is 71.6 Å². The van der Waals surface area contributed by atoms with E-state index in [0.717, 1.165) is 51.2 Å². The molecule has 152 valence electrons. The van der Waals surface area contributed by atoms with Crippen LogP contribution in [-0.2, 0) is 4.74 Å². The van der Waals surface area contributed by atoms with Gasteiger partial charge in [-0.1, -0.05) is 46.3 Å². The van der Waals surface area contributed by atoms with Crippen LogP contribution in [0, 0.1) is 0 Å². The molecular weight excluding hydrogens is 440 g/mol. The Bertz CT molecular complexity index is 1160. The normalized spacial score (nSPS) is 19.4. The molecule has 2 aromatic carbocycles. The van der Waals surface area contributed by atoms with E-state index in [1.807, 2.05) is 6.07 Å². The Labute approximate surface area is 184 Å². The first kappa shape index (κ1) is 19.3. The molecular formula is C24H23BrN4O. The van der Waals surface area contributed by atoms with E-state index in [9.17, 15) is 0 Å². The van der Waals surface area contributed by atoms with E-state index < -0.39 is 0 Å². The molecule has 1 aliphatic rings. The summed E-state index contributed by atoms with van der Waals surface area (Å²) in [6, 6.07) is 18.8. The summed E-state index contributed by atoms with van der Waals surface area (Å²) in [6.07, 6.45) is 4.17. The molecule has 2 atom stereocenters. The molecule has 3 heterocycles. The summed E-state index contributed by atoms with van der Waals surface area (Å²) in [5, 5.41) is 1.08. The van der Waals surface area contributed by atoms with Gasteiger partial charge in [0.2, 0.25) is 0 Å². The van der Waals surface area contributed by atoms with Crippen LogP contribution in [0.3, 0.4) is 0 Å². The molecule has 0 aliphatic carbocycles. The molecule has 4 aromatic rings. The fourth-order valence-electron chi connectivity index (χ4n) is 4.27. The average Bonchev–Trinajstić information content (AvgIpc) is 3.14. The summed E-state index contributed by atoms with van der Waals surface area (Å²) >= 11 is 3.53. The SMILES string of the molecule is C[C@H]1CN(c2ncnc3c2c(-c2ccccc2)cn3-c2ccc(Br)cc2)C[C@H](C)O1. The molecule has 0 radical (unpaired) electrons. The van der Waals surface area contributed by atoms with Crippen LogP contribution in [0.2, 0.25) is 0 Å². The minimum absolute atomic E-state index is 0.160. The molecule has 0 unspecified atom stereocenters. The van der Waals surface area contributed by atoms with Crippen molar-refractivity contribution in [2.75, 3.05) is 18.0 Å². The Morgan fingerprint density at radius 2 is 1.63 bits per heavy atom. The van der Waals surface area contributed by atoms with Gasteiger partial charge in [0.1, 0.15) is 12.1 Å². The van der Waals surface area contributed by atoms with Crippen molar-refractivity contribution in [3.8, 4) is 16.8 Å². The van der Waals surface area contributed by atoms with Gasteiger partial charge in [-0.15, -0.1) is 0 Å². The van der Waals surface area contributed by atoms with Crippen LogP contribution in [0.1, 0.15) is 13.8 Å². The summed E-state index contributed by atoms with van der Waals surface area (Å²) < 4.78 is 9.16. The number of fused-ring (bicyclic) bond motifs is 1. The van der Waals surface area contributed by atoms with Gasteiger partial charge in [-0.3, -0.25) is 0 Å². The number of hydrogen-bond donors (Lipinski definition) is 0. The van der Waals surface area contributed by atoms with Crippen molar-refractivity contribution in [2.45, 2.75) is 26.1 Å². The van der Waals surface area contributed by atoms with Gasteiger partial charge in [0, 0.05) is 35.0 Å². The van der Waals surface area contributed by atoms with E-state index in [1.165, 1.54) is 0 Å². The number of nitrogens with zero attached hydrogens (tertiary/aromatic N) is 4. The zero-order valence-electron chi connectivity index (χ0n) is 17.0. The smallest absolute Gasteiger partial charge is 0.150 e. The highest BCUT2D eigenvalue weighted by Crippen LogP contribution is 2.37. The van der Waals surface area contributed by atoms with Crippen LogP contribution >= 0.6 is 15.9 Å². The molecule has 5 nitrogen and oxygen atoms in total. The minimum atomic E-state index is 0.160. The zero-order valence-corrected chi connectivity index (χ0v) is 18.6. The number of rotatable bonds is 3. The van der Waals surface area contributed by atoms with Crippen LogP contribution in [0.15, 0.2) is 71.6 Å².